The highest BCUT2D eigenvalue weighted by Gasteiger charge is 2.57. The number of carbonyl (C=O) groups is 1. The number of nitrogens with one attached hydrogen (secondary N) is 1. The van der Waals surface area contributed by atoms with Crippen LogP contribution in [0.4, 0.5) is 0 Å². The molecule has 5 fully saturated rings. The van der Waals surface area contributed by atoms with Crippen molar-refractivity contribution >= 4 is 5.91 Å². The molecule has 1 saturated heterocycles. The predicted octanol–water partition coefficient (Wildman–Crippen LogP) is 2.02. The summed E-state index contributed by atoms with van der Waals surface area (Å²) < 4.78 is 1.69. The summed E-state index contributed by atoms with van der Waals surface area (Å²) in [5.74, 6) is 2.36. The van der Waals surface area contributed by atoms with Crippen LogP contribution in [-0.4, -0.2) is 49.4 Å². The van der Waals surface area contributed by atoms with Gasteiger partial charge in [-0.15, -0.1) is 0 Å². The second kappa shape index (κ2) is 6.44. The summed E-state index contributed by atoms with van der Waals surface area (Å²) in [6.45, 7) is 3.99. The van der Waals surface area contributed by atoms with Crippen LogP contribution in [0.2, 0.25) is 0 Å². The van der Waals surface area contributed by atoms with Gasteiger partial charge < -0.3 is 10.0 Å². The smallest absolute Gasteiger partial charge is 0.343 e. The third kappa shape index (κ3) is 3.02. The van der Waals surface area contributed by atoms with E-state index in [1.54, 1.807) is 4.57 Å². The van der Waals surface area contributed by atoms with Gasteiger partial charge in [-0.3, -0.25) is 9.36 Å². The molecule has 7 nitrogen and oxygen atoms in total. The highest BCUT2D eigenvalue weighted by atomic mass is 16.3. The lowest BCUT2D eigenvalue weighted by atomic mass is 9.47. The second-order valence-corrected chi connectivity index (χ2v) is 10.2. The number of hydrogen-bond donors (Lipinski definition) is 2. The Kier molecular flexibility index (Phi) is 4.23. The number of aromatic amines is 1. The number of carbonyl (C=O) groups excluding carboxylic acids is 1. The Hall–Kier alpha value is -1.63. The summed E-state index contributed by atoms with van der Waals surface area (Å²) in [5, 5.41) is 17.8. The van der Waals surface area contributed by atoms with Crippen LogP contribution in [0.3, 0.4) is 0 Å². The van der Waals surface area contributed by atoms with Gasteiger partial charge in [0.25, 0.3) is 0 Å². The van der Waals surface area contributed by atoms with Crippen LogP contribution in [-0.2, 0) is 11.3 Å². The van der Waals surface area contributed by atoms with E-state index in [1.165, 1.54) is 6.42 Å². The maximum absolute atomic E-state index is 13.3. The maximum atomic E-state index is 13.3. The lowest BCUT2D eigenvalue weighted by molar-refractivity contribution is -0.172. The van der Waals surface area contributed by atoms with E-state index in [4.69, 9.17) is 0 Å². The van der Waals surface area contributed by atoms with Crippen LogP contribution >= 0.6 is 0 Å². The van der Waals surface area contributed by atoms with E-state index < -0.39 is 5.60 Å². The molecule has 0 spiro atoms. The first-order valence-electron chi connectivity index (χ1n) is 11.0. The molecule has 1 aromatic heterocycles. The van der Waals surface area contributed by atoms with Crippen molar-refractivity contribution < 1.29 is 9.90 Å². The highest BCUT2D eigenvalue weighted by Crippen LogP contribution is 2.62. The van der Waals surface area contributed by atoms with Gasteiger partial charge in [0.1, 0.15) is 5.82 Å². The minimum absolute atomic E-state index is 0.0146. The quantitative estimate of drug-likeness (QED) is 0.826. The van der Waals surface area contributed by atoms with Crippen molar-refractivity contribution in [2.24, 2.45) is 17.3 Å². The zero-order valence-electron chi connectivity index (χ0n) is 16.8. The van der Waals surface area contributed by atoms with Crippen molar-refractivity contribution in [3.8, 4) is 0 Å². The van der Waals surface area contributed by atoms with Gasteiger partial charge in [-0.2, -0.15) is 5.10 Å². The molecule has 5 aliphatic rings. The number of likely N-dealkylation sites (tertiary alicyclic amines) is 1. The molecule has 4 saturated carbocycles. The minimum atomic E-state index is -0.513. The first-order valence-corrected chi connectivity index (χ1v) is 11.0. The summed E-state index contributed by atoms with van der Waals surface area (Å²) in [4.78, 5) is 27.2. The third-order valence-electron chi connectivity index (χ3n) is 7.92. The van der Waals surface area contributed by atoms with Crippen molar-refractivity contribution in [3.05, 3.63) is 16.3 Å². The van der Waals surface area contributed by atoms with Gasteiger partial charge >= 0.3 is 5.69 Å². The number of amides is 1. The zero-order valence-corrected chi connectivity index (χ0v) is 16.8. The van der Waals surface area contributed by atoms with Crippen LogP contribution in [0.15, 0.2) is 4.79 Å². The van der Waals surface area contributed by atoms with Gasteiger partial charge in [-0.05, 0) is 75.5 Å². The standard InChI is InChI=1S/C21H32N4O3/c1-2-25-18(22-23-19(25)27)16-4-3-5-24(12-16)17(26)11-20-7-14-6-15(8-20)10-21(28,9-14)13-20/h14-16,28H,2-13H2,1H3,(H,23,27)/t14-,15-,16-,20?,21?/m1/s1. The molecule has 1 aromatic rings. The molecular weight excluding hydrogens is 356 g/mol. The lowest BCUT2D eigenvalue weighted by Gasteiger charge is -2.60. The van der Waals surface area contributed by atoms with Crippen LogP contribution in [0, 0.1) is 17.3 Å². The van der Waals surface area contributed by atoms with E-state index >= 15 is 0 Å². The fourth-order valence-electron chi connectivity index (χ4n) is 7.40. The molecule has 2 heterocycles. The summed E-state index contributed by atoms with van der Waals surface area (Å²) >= 11 is 0. The third-order valence-corrected chi connectivity index (χ3v) is 7.92. The van der Waals surface area contributed by atoms with Gasteiger partial charge in [0.05, 0.1) is 5.60 Å². The normalized spacial score (nSPS) is 39.5. The molecule has 7 heteroatoms. The summed E-state index contributed by atoms with van der Waals surface area (Å²) in [6, 6.07) is 0. The van der Waals surface area contributed by atoms with Crippen molar-refractivity contribution in [2.75, 3.05) is 13.1 Å². The molecule has 3 atom stereocenters. The fourth-order valence-corrected chi connectivity index (χ4v) is 7.40. The van der Waals surface area contributed by atoms with Crippen molar-refractivity contribution in [3.63, 3.8) is 0 Å². The molecule has 4 bridgehead atoms. The van der Waals surface area contributed by atoms with E-state index in [9.17, 15) is 14.7 Å². The maximum Gasteiger partial charge on any atom is 0.343 e. The molecule has 1 aliphatic heterocycles. The lowest BCUT2D eigenvalue weighted by Crippen LogP contribution is -2.57. The monoisotopic (exact) mass is 388 g/mol. The second-order valence-electron chi connectivity index (χ2n) is 10.2. The van der Waals surface area contributed by atoms with E-state index in [-0.39, 0.29) is 22.9 Å². The SMILES string of the molecule is CCn1c([C@@H]2CCCN(C(=O)CC34C[C@H]5C[C@@H](CC(O)(C5)C3)C4)C2)n[nH]c1=O. The highest BCUT2D eigenvalue weighted by molar-refractivity contribution is 5.77. The molecule has 1 amide bonds. The van der Waals surface area contributed by atoms with Crippen molar-refractivity contribution in [2.45, 2.75) is 82.8 Å². The van der Waals surface area contributed by atoms with Gasteiger partial charge in [0.2, 0.25) is 5.91 Å². The number of aromatic nitrogens is 3. The summed E-state index contributed by atoms with van der Waals surface area (Å²) in [6.07, 6.45) is 8.66. The Morgan fingerprint density at radius 2 is 2.04 bits per heavy atom. The number of nitrogens with zero attached hydrogens (tertiary/aromatic N) is 3. The zero-order chi connectivity index (χ0) is 19.5. The topological polar surface area (TPSA) is 91.2 Å². The average Bonchev–Trinajstić information content (AvgIpc) is 3.00. The largest absolute Gasteiger partial charge is 0.390 e. The predicted molar refractivity (Wildman–Crippen MR) is 104 cm³/mol. The van der Waals surface area contributed by atoms with Crippen LogP contribution < -0.4 is 5.69 Å². The van der Waals surface area contributed by atoms with E-state index in [0.29, 0.717) is 31.3 Å². The number of aliphatic hydroxyl groups is 1. The van der Waals surface area contributed by atoms with Crippen LogP contribution in [0.25, 0.3) is 0 Å². The Morgan fingerprint density at radius 1 is 1.29 bits per heavy atom. The molecule has 28 heavy (non-hydrogen) atoms. The van der Waals surface area contributed by atoms with E-state index in [2.05, 4.69) is 10.2 Å². The van der Waals surface area contributed by atoms with Crippen LogP contribution in [0.5, 0.6) is 0 Å². The van der Waals surface area contributed by atoms with E-state index in [0.717, 1.165) is 57.3 Å². The molecule has 6 rings (SSSR count). The van der Waals surface area contributed by atoms with Crippen molar-refractivity contribution in [1.82, 2.24) is 19.7 Å². The first kappa shape index (κ1) is 18.4. The number of piperidine rings is 1. The molecule has 0 unspecified atom stereocenters. The van der Waals surface area contributed by atoms with E-state index in [1.807, 2.05) is 11.8 Å². The van der Waals surface area contributed by atoms with Gasteiger partial charge in [0, 0.05) is 32.0 Å². The Labute approximate surface area is 165 Å². The van der Waals surface area contributed by atoms with Crippen molar-refractivity contribution in [1.29, 1.82) is 0 Å². The molecular formula is C21H32N4O3. The van der Waals surface area contributed by atoms with Gasteiger partial charge in [0.15, 0.2) is 0 Å². The number of H-pyrrole nitrogens is 1. The number of rotatable bonds is 4. The fraction of sp³-hybridized carbons (Fsp3) is 0.857. The molecule has 2 N–H and O–H groups in total. The van der Waals surface area contributed by atoms with Crippen LogP contribution in [0.1, 0.15) is 76.5 Å². The Balaban J connectivity index is 1.30. The Morgan fingerprint density at radius 3 is 2.71 bits per heavy atom. The van der Waals surface area contributed by atoms with Gasteiger partial charge in [-0.1, -0.05) is 0 Å². The number of hydrogen-bond acceptors (Lipinski definition) is 4. The minimum Gasteiger partial charge on any atom is -0.390 e. The molecule has 0 radical (unpaired) electrons. The summed E-state index contributed by atoms with van der Waals surface area (Å²) in [5.41, 5.74) is -0.662. The molecule has 4 aliphatic carbocycles. The Bertz CT molecular complexity index is 814. The average molecular weight is 389 g/mol. The molecule has 154 valence electrons. The van der Waals surface area contributed by atoms with Gasteiger partial charge in [-0.25, -0.2) is 9.89 Å². The first-order chi connectivity index (χ1) is 13.4. The summed E-state index contributed by atoms with van der Waals surface area (Å²) in [7, 11) is 0. The molecule has 0 aromatic carbocycles.